The van der Waals surface area contributed by atoms with Gasteiger partial charge in [-0.1, -0.05) is 11.6 Å². The number of anilines is 1. The fraction of sp³-hybridized carbons (Fsp3) is 0.579. The number of hydrogen-bond acceptors (Lipinski definition) is 6. The number of piperidine rings is 1. The highest BCUT2D eigenvalue weighted by Crippen LogP contribution is 2.29. The van der Waals surface area contributed by atoms with Crippen LogP contribution in [0.5, 0.6) is 5.75 Å². The van der Waals surface area contributed by atoms with Crippen molar-refractivity contribution in [2.75, 3.05) is 39.6 Å². The quantitative estimate of drug-likeness (QED) is 0.652. The molecule has 27 heavy (non-hydrogen) atoms. The number of carbonyl (C=O) groups is 2. The van der Waals surface area contributed by atoms with Crippen LogP contribution in [0.2, 0.25) is 5.02 Å². The molecule has 1 fully saturated rings. The number of Topliss-reactive ketones (excluding diaryl/α,β-unsaturated/α-hetero) is 1. The van der Waals surface area contributed by atoms with Crippen LogP contribution < -0.4 is 15.8 Å². The van der Waals surface area contributed by atoms with Crippen molar-refractivity contribution < 1.29 is 19.1 Å². The lowest BCUT2D eigenvalue weighted by atomic mass is 10.0. The van der Waals surface area contributed by atoms with Gasteiger partial charge in [0.1, 0.15) is 11.5 Å². The maximum absolute atomic E-state index is 12.7. The molecule has 0 unspecified atom stereocenters. The molecule has 1 amide bonds. The number of amides is 1. The largest absolute Gasteiger partial charge is 0.496 e. The van der Waals surface area contributed by atoms with Crippen LogP contribution in [0.1, 0.15) is 36.5 Å². The maximum Gasteiger partial charge on any atom is 0.255 e. The molecule has 1 aromatic carbocycles. The average molecular weight is 398 g/mol. The van der Waals surface area contributed by atoms with E-state index in [1.807, 2.05) is 0 Å². The van der Waals surface area contributed by atoms with E-state index >= 15 is 0 Å². The van der Waals surface area contributed by atoms with E-state index in [2.05, 4.69) is 10.2 Å². The number of ketones is 1. The number of ether oxygens (including phenoxy) is 2. The van der Waals surface area contributed by atoms with E-state index in [0.29, 0.717) is 35.0 Å². The first-order chi connectivity index (χ1) is 12.8. The smallest absolute Gasteiger partial charge is 0.255 e. The zero-order valence-electron chi connectivity index (χ0n) is 16.1. The van der Waals surface area contributed by atoms with E-state index in [1.165, 1.54) is 13.2 Å². The van der Waals surface area contributed by atoms with Crippen molar-refractivity contribution in [2.45, 2.75) is 38.3 Å². The van der Waals surface area contributed by atoms with Crippen LogP contribution in [0.3, 0.4) is 0 Å². The van der Waals surface area contributed by atoms with Gasteiger partial charge in [-0.3, -0.25) is 4.79 Å². The lowest BCUT2D eigenvalue weighted by Crippen LogP contribution is -2.54. The fourth-order valence-electron chi connectivity index (χ4n) is 3.30. The summed E-state index contributed by atoms with van der Waals surface area (Å²) in [5.74, 6) is 0.312. The molecule has 1 aromatic rings. The van der Waals surface area contributed by atoms with Crippen LogP contribution >= 0.6 is 11.6 Å². The minimum absolute atomic E-state index is 0.118. The first kappa shape index (κ1) is 21.5. The summed E-state index contributed by atoms with van der Waals surface area (Å²) in [7, 11) is 3.13. The standard InChI is InChI=1S/C19H28ClN3O4/c1-12(24)5-4-7-23-8-6-16(18(11-23)27-3)22-19(25)13-9-14(20)15(21)10-17(13)26-2/h9-10,16,18H,4-8,11,21H2,1-3H3,(H,22,25)/t16-,18+/m1/s1. The second-order valence-corrected chi connectivity index (χ2v) is 7.23. The summed E-state index contributed by atoms with van der Waals surface area (Å²) in [6.07, 6.45) is 2.06. The third kappa shape index (κ3) is 5.82. The van der Waals surface area contributed by atoms with Gasteiger partial charge in [-0.05, 0) is 32.4 Å². The molecule has 1 heterocycles. The Kier molecular flexibility index (Phi) is 7.89. The molecule has 0 radical (unpaired) electrons. The molecule has 0 aliphatic carbocycles. The predicted octanol–water partition coefficient (Wildman–Crippen LogP) is 2.12. The van der Waals surface area contributed by atoms with Crippen LogP contribution in [-0.4, -0.2) is 62.6 Å². The van der Waals surface area contributed by atoms with E-state index in [4.69, 9.17) is 26.8 Å². The van der Waals surface area contributed by atoms with Crippen molar-refractivity contribution in [1.29, 1.82) is 0 Å². The Hall–Kier alpha value is -1.83. The molecule has 1 saturated heterocycles. The minimum Gasteiger partial charge on any atom is -0.496 e. The number of carbonyl (C=O) groups excluding carboxylic acids is 2. The van der Waals surface area contributed by atoms with E-state index in [1.54, 1.807) is 20.1 Å². The average Bonchev–Trinajstić information content (AvgIpc) is 2.64. The summed E-state index contributed by atoms with van der Waals surface area (Å²) in [5.41, 5.74) is 6.48. The zero-order chi connectivity index (χ0) is 20.0. The Labute approximate surface area is 165 Å². The van der Waals surface area contributed by atoms with Gasteiger partial charge >= 0.3 is 0 Å². The molecule has 3 N–H and O–H groups in total. The van der Waals surface area contributed by atoms with Crippen LogP contribution in [-0.2, 0) is 9.53 Å². The van der Waals surface area contributed by atoms with Crippen molar-refractivity contribution in [3.05, 3.63) is 22.7 Å². The molecule has 1 aliphatic heterocycles. The summed E-state index contributed by atoms with van der Waals surface area (Å²) < 4.78 is 10.9. The number of hydrogen-bond donors (Lipinski definition) is 2. The summed E-state index contributed by atoms with van der Waals surface area (Å²) in [6, 6.07) is 2.94. The SMILES string of the molecule is COc1cc(N)c(Cl)cc1C(=O)N[C@@H]1CCN(CCCC(C)=O)C[C@@H]1OC. The molecular formula is C19H28ClN3O4. The first-order valence-electron chi connectivity index (χ1n) is 9.04. The summed E-state index contributed by atoms with van der Waals surface area (Å²) >= 11 is 6.06. The van der Waals surface area contributed by atoms with Gasteiger partial charge in [-0.15, -0.1) is 0 Å². The van der Waals surface area contributed by atoms with Crippen molar-refractivity contribution in [3.63, 3.8) is 0 Å². The molecule has 0 bridgehead atoms. The second kappa shape index (κ2) is 9.92. The molecule has 7 nitrogen and oxygen atoms in total. The molecule has 2 atom stereocenters. The minimum atomic E-state index is -0.272. The molecule has 1 aliphatic rings. The first-order valence-corrected chi connectivity index (χ1v) is 9.42. The van der Waals surface area contributed by atoms with Gasteiger partial charge in [0.25, 0.3) is 5.91 Å². The number of benzene rings is 1. The number of methoxy groups -OCH3 is 2. The lowest BCUT2D eigenvalue weighted by molar-refractivity contribution is -0.117. The van der Waals surface area contributed by atoms with E-state index in [0.717, 1.165) is 25.9 Å². The zero-order valence-corrected chi connectivity index (χ0v) is 16.8. The number of nitrogen functional groups attached to an aromatic ring is 1. The number of rotatable bonds is 8. The van der Waals surface area contributed by atoms with Crippen LogP contribution in [0.15, 0.2) is 12.1 Å². The molecule has 0 spiro atoms. The number of nitrogens with one attached hydrogen (secondary N) is 1. The molecular weight excluding hydrogens is 370 g/mol. The van der Waals surface area contributed by atoms with E-state index in [9.17, 15) is 9.59 Å². The van der Waals surface area contributed by atoms with Crippen LogP contribution in [0.4, 0.5) is 5.69 Å². The van der Waals surface area contributed by atoms with Crippen molar-refractivity contribution >= 4 is 29.0 Å². The van der Waals surface area contributed by atoms with Gasteiger partial charge in [0, 0.05) is 32.7 Å². The predicted molar refractivity (Wildman–Crippen MR) is 105 cm³/mol. The lowest BCUT2D eigenvalue weighted by Gasteiger charge is -2.38. The monoisotopic (exact) mass is 397 g/mol. The normalized spacial score (nSPS) is 20.3. The van der Waals surface area contributed by atoms with Crippen molar-refractivity contribution in [3.8, 4) is 5.75 Å². The highest BCUT2D eigenvalue weighted by atomic mass is 35.5. The summed E-state index contributed by atoms with van der Waals surface area (Å²) in [4.78, 5) is 26.1. The Bertz CT molecular complexity index is 683. The highest BCUT2D eigenvalue weighted by Gasteiger charge is 2.31. The number of nitrogens with zero attached hydrogens (tertiary/aromatic N) is 1. The Morgan fingerprint density at radius 2 is 2.11 bits per heavy atom. The third-order valence-corrected chi connectivity index (χ3v) is 5.16. The van der Waals surface area contributed by atoms with Crippen LogP contribution in [0.25, 0.3) is 0 Å². The molecule has 0 saturated carbocycles. The van der Waals surface area contributed by atoms with Gasteiger partial charge in [0.15, 0.2) is 0 Å². The van der Waals surface area contributed by atoms with Gasteiger partial charge in [0.2, 0.25) is 0 Å². The molecule has 150 valence electrons. The van der Waals surface area contributed by atoms with E-state index < -0.39 is 0 Å². The Morgan fingerprint density at radius 1 is 1.37 bits per heavy atom. The molecule has 2 rings (SSSR count). The number of nitrogens with two attached hydrogens (primary N) is 1. The highest BCUT2D eigenvalue weighted by molar-refractivity contribution is 6.33. The second-order valence-electron chi connectivity index (χ2n) is 6.82. The van der Waals surface area contributed by atoms with Gasteiger partial charge in [-0.25, -0.2) is 0 Å². The van der Waals surface area contributed by atoms with Gasteiger partial charge in [-0.2, -0.15) is 0 Å². The Morgan fingerprint density at radius 3 is 2.74 bits per heavy atom. The summed E-state index contributed by atoms with van der Waals surface area (Å²) in [6.45, 7) is 4.00. The fourth-order valence-corrected chi connectivity index (χ4v) is 3.46. The van der Waals surface area contributed by atoms with Gasteiger partial charge in [0.05, 0.1) is 35.5 Å². The molecule has 8 heteroatoms. The Balaban J connectivity index is 2.00. The number of halogens is 1. The number of likely N-dealkylation sites (tertiary alicyclic amines) is 1. The molecule has 0 aromatic heterocycles. The van der Waals surface area contributed by atoms with E-state index in [-0.39, 0.29) is 23.8 Å². The maximum atomic E-state index is 12.7. The van der Waals surface area contributed by atoms with Crippen LogP contribution in [0, 0.1) is 0 Å². The summed E-state index contributed by atoms with van der Waals surface area (Å²) in [5, 5.41) is 3.34. The van der Waals surface area contributed by atoms with Gasteiger partial charge < -0.3 is 30.2 Å². The van der Waals surface area contributed by atoms with Crippen molar-refractivity contribution in [2.24, 2.45) is 0 Å². The van der Waals surface area contributed by atoms with Crippen molar-refractivity contribution in [1.82, 2.24) is 10.2 Å². The topological polar surface area (TPSA) is 93.9 Å². The third-order valence-electron chi connectivity index (χ3n) is 4.83.